The average molecular weight is 324 g/mol. The number of fused-ring (bicyclic) bond motifs is 1. The number of imidazole rings is 1. The molecule has 124 valence electrons. The van der Waals surface area contributed by atoms with Crippen LogP contribution in [0.5, 0.6) is 0 Å². The molecule has 3 heterocycles. The highest BCUT2D eigenvalue weighted by Crippen LogP contribution is 2.23. The molecule has 1 aliphatic heterocycles. The van der Waals surface area contributed by atoms with Crippen LogP contribution in [-0.2, 0) is 14.1 Å². The Morgan fingerprint density at radius 1 is 1.00 bits per heavy atom. The van der Waals surface area contributed by atoms with Crippen molar-refractivity contribution in [2.75, 3.05) is 23.3 Å². The quantitative estimate of drug-likeness (QED) is 0.798. The topological polar surface area (TPSA) is 68.0 Å². The zero-order valence-electron chi connectivity index (χ0n) is 13.9. The van der Waals surface area contributed by atoms with Gasteiger partial charge in [0.2, 0.25) is 0 Å². The fraction of sp³-hybridized carbons (Fsp3) is 0.353. The summed E-state index contributed by atoms with van der Waals surface area (Å²) in [5, 5.41) is 3.31. The van der Waals surface area contributed by atoms with Gasteiger partial charge < -0.3 is 10.2 Å². The summed E-state index contributed by atoms with van der Waals surface area (Å²) in [5.41, 5.74) is 2.67. The van der Waals surface area contributed by atoms with Gasteiger partial charge in [-0.25, -0.2) is 14.8 Å². The van der Waals surface area contributed by atoms with Crippen molar-refractivity contribution in [3.63, 3.8) is 0 Å². The number of nitrogens with one attached hydrogen (secondary N) is 1. The summed E-state index contributed by atoms with van der Waals surface area (Å²) in [6.45, 7) is 2.10. The lowest BCUT2D eigenvalue weighted by atomic mass is 10.2. The maximum atomic E-state index is 12.0. The van der Waals surface area contributed by atoms with E-state index in [9.17, 15) is 4.79 Å². The van der Waals surface area contributed by atoms with E-state index in [1.807, 2.05) is 24.3 Å². The average Bonchev–Trinajstić information content (AvgIpc) is 3.20. The van der Waals surface area contributed by atoms with E-state index in [0.29, 0.717) is 0 Å². The molecule has 0 amide bonds. The molecule has 0 unspecified atom stereocenters. The van der Waals surface area contributed by atoms with Gasteiger partial charge in [-0.15, -0.1) is 0 Å². The van der Waals surface area contributed by atoms with Crippen molar-refractivity contribution in [1.29, 1.82) is 0 Å². The highest BCUT2D eigenvalue weighted by Gasteiger charge is 2.14. The van der Waals surface area contributed by atoms with Crippen LogP contribution in [0.15, 0.2) is 35.4 Å². The molecule has 3 aromatic rings. The predicted molar refractivity (Wildman–Crippen MR) is 94.9 cm³/mol. The van der Waals surface area contributed by atoms with E-state index >= 15 is 0 Å². The fourth-order valence-electron chi connectivity index (χ4n) is 3.27. The second-order valence-corrected chi connectivity index (χ2v) is 6.18. The standard InChI is InChI=1S/C17H20N6O/c1-21-13-6-5-12(9-14(13)22(2)17(21)24)20-15-10-16(19-11-18-15)23-7-3-4-8-23/h5-6,9-11H,3-4,7-8H2,1-2H3,(H,18,19,20). The Bertz CT molecular complexity index is 951. The predicted octanol–water partition coefficient (Wildman–Crippen LogP) is 2.01. The Morgan fingerprint density at radius 3 is 2.54 bits per heavy atom. The molecular formula is C17H20N6O. The van der Waals surface area contributed by atoms with Crippen molar-refractivity contribution in [1.82, 2.24) is 19.1 Å². The minimum Gasteiger partial charge on any atom is -0.356 e. The largest absolute Gasteiger partial charge is 0.356 e. The van der Waals surface area contributed by atoms with Crippen molar-refractivity contribution in [2.45, 2.75) is 12.8 Å². The number of benzene rings is 1. The van der Waals surface area contributed by atoms with Crippen LogP contribution in [0.2, 0.25) is 0 Å². The van der Waals surface area contributed by atoms with Crippen molar-refractivity contribution < 1.29 is 0 Å². The van der Waals surface area contributed by atoms with Gasteiger partial charge in [-0.3, -0.25) is 9.13 Å². The van der Waals surface area contributed by atoms with E-state index < -0.39 is 0 Å². The first kappa shape index (κ1) is 14.7. The van der Waals surface area contributed by atoms with Gasteiger partial charge in [0.25, 0.3) is 0 Å². The Balaban J connectivity index is 1.65. The van der Waals surface area contributed by atoms with Crippen molar-refractivity contribution >= 4 is 28.4 Å². The molecule has 0 spiro atoms. The Hall–Kier alpha value is -2.83. The Labute approximate surface area is 139 Å². The SMILES string of the molecule is Cn1c(=O)n(C)c2cc(Nc3cc(N4CCCC4)ncn3)ccc21. The molecule has 7 nitrogen and oxygen atoms in total. The van der Waals surface area contributed by atoms with E-state index in [4.69, 9.17) is 0 Å². The fourth-order valence-corrected chi connectivity index (χ4v) is 3.27. The lowest BCUT2D eigenvalue weighted by Crippen LogP contribution is -2.19. The number of aryl methyl sites for hydroxylation is 2. The molecule has 0 aliphatic carbocycles. The van der Waals surface area contributed by atoms with Crippen LogP contribution in [0.3, 0.4) is 0 Å². The lowest BCUT2D eigenvalue weighted by Gasteiger charge is -2.16. The zero-order valence-corrected chi connectivity index (χ0v) is 13.9. The third-order valence-electron chi connectivity index (χ3n) is 4.63. The van der Waals surface area contributed by atoms with Crippen LogP contribution < -0.4 is 15.9 Å². The molecule has 1 fully saturated rings. The van der Waals surface area contributed by atoms with Gasteiger partial charge in [0.05, 0.1) is 11.0 Å². The summed E-state index contributed by atoms with van der Waals surface area (Å²) in [4.78, 5) is 23.0. The summed E-state index contributed by atoms with van der Waals surface area (Å²) in [7, 11) is 3.56. The van der Waals surface area contributed by atoms with Gasteiger partial charge in [-0.2, -0.15) is 0 Å². The summed E-state index contributed by atoms with van der Waals surface area (Å²) >= 11 is 0. The molecule has 7 heteroatoms. The first-order chi connectivity index (χ1) is 11.6. The Kier molecular flexibility index (Phi) is 3.48. The maximum absolute atomic E-state index is 12.0. The van der Waals surface area contributed by atoms with Gasteiger partial charge >= 0.3 is 5.69 Å². The van der Waals surface area contributed by atoms with Crippen molar-refractivity contribution in [3.05, 3.63) is 41.1 Å². The van der Waals surface area contributed by atoms with Crippen LogP contribution in [0, 0.1) is 0 Å². The number of anilines is 3. The number of rotatable bonds is 3. The summed E-state index contributed by atoms with van der Waals surface area (Å²) in [6.07, 6.45) is 4.02. The van der Waals surface area contributed by atoms with E-state index in [0.717, 1.165) is 41.4 Å². The van der Waals surface area contributed by atoms with E-state index in [1.54, 1.807) is 29.6 Å². The molecule has 2 aromatic heterocycles. The van der Waals surface area contributed by atoms with E-state index in [-0.39, 0.29) is 5.69 Å². The molecule has 4 rings (SSSR count). The van der Waals surface area contributed by atoms with Crippen LogP contribution in [0.25, 0.3) is 11.0 Å². The van der Waals surface area contributed by atoms with E-state index in [2.05, 4.69) is 20.2 Å². The highest BCUT2D eigenvalue weighted by molar-refractivity contribution is 5.81. The van der Waals surface area contributed by atoms with Crippen LogP contribution in [0.1, 0.15) is 12.8 Å². The molecule has 0 bridgehead atoms. The van der Waals surface area contributed by atoms with Crippen LogP contribution in [-0.4, -0.2) is 32.2 Å². The monoisotopic (exact) mass is 324 g/mol. The minimum atomic E-state index is -0.0273. The maximum Gasteiger partial charge on any atom is 0.328 e. The second-order valence-electron chi connectivity index (χ2n) is 6.18. The number of nitrogens with zero attached hydrogens (tertiary/aromatic N) is 5. The Morgan fingerprint density at radius 2 is 1.75 bits per heavy atom. The molecule has 1 aliphatic rings. The van der Waals surface area contributed by atoms with Gasteiger partial charge in [-0.05, 0) is 31.0 Å². The number of hydrogen-bond acceptors (Lipinski definition) is 5. The van der Waals surface area contributed by atoms with E-state index in [1.165, 1.54) is 12.8 Å². The van der Waals surface area contributed by atoms with Crippen molar-refractivity contribution in [3.8, 4) is 0 Å². The summed E-state index contributed by atoms with van der Waals surface area (Å²) < 4.78 is 3.30. The third-order valence-corrected chi connectivity index (χ3v) is 4.63. The van der Waals surface area contributed by atoms with Gasteiger partial charge in [0.15, 0.2) is 0 Å². The van der Waals surface area contributed by atoms with Crippen molar-refractivity contribution in [2.24, 2.45) is 14.1 Å². The number of hydrogen-bond donors (Lipinski definition) is 1. The molecule has 1 N–H and O–H groups in total. The summed E-state index contributed by atoms with van der Waals surface area (Å²) in [6, 6.07) is 7.84. The second kappa shape index (κ2) is 5.67. The van der Waals surface area contributed by atoms with Gasteiger partial charge in [0.1, 0.15) is 18.0 Å². The number of aromatic nitrogens is 4. The molecule has 0 atom stereocenters. The smallest absolute Gasteiger partial charge is 0.328 e. The normalized spacial score (nSPS) is 14.5. The van der Waals surface area contributed by atoms with Gasteiger partial charge in [-0.1, -0.05) is 0 Å². The summed E-state index contributed by atoms with van der Waals surface area (Å²) in [5.74, 6) is 1.71. The first-order valence-corrected chi connectivity index (χ1v) is 8.13. The molecular weight excluding hydrogens is 304 g/mol. The highest BCUT2D eigenvalue weighted by atomic mass is 16.1. The molecule has 0 saturated carbocycles. The molecule has 1 saturated heterocycles. The van der Waals surface area contributed by atoms with Crippen LogP contribution >= 0.6 is 0 Å². The van der Waals surface area contributed by atoms with Crippen LogP contribution in [0.4, 0.5) is 17.3 Å². The minimum absolute atomic E-state index is 0.0273. The first-order valence-electron chi connectivity index (χ1n) is 8.13. The van der Waals surface area contributed by atoms with Gasteiger partial charge in [0, 0.05) is 38.9 Å². The molecule has 1 aromatic carbocycles. The lowest BCUT2D eigenvalue weighted by molar-refractivity contribution is 0.795. The molecule has 0 radical (unpaired) electrons. The third kappa shape index (κ3) is 2.42. The zero-order chi connectivity index (χ0) is 16.7. The molecule has 24 heavy (non-hydrogen) atoms.